The van der Waals surface area contributed by atoms with Crippen LogP contribution in [-0.4, -0.2) is 104 Å². The van der Waals surface area contributed by atoms with E-state index in [2.05, 4.69) is 25.6 Å². The van der Waals surface area contributed by atoms with Gasteiger partial charge in [-0.25, -0.2) is 31.9 Å². The molecule has 0 atom stereocenters. The monoisotopic (exact) mass is 1000 g/mol. The molecule has 6 aliphatic rings. The predicted octanol–water partition coefficient (Wildman–Crippen LogP) is 6.58. The van der Waals surface area contributed by atoms with Gasteiger partial charge in [0.1, 0.15) is 17.6 Å². The van der Waals surface area contributed by atoms with E-state index < -0.39 is 63.9 Å². The van der Waals surface area contributed by atoms with E-state index >= 15 is 0 Å². The molecule has 5 N–H and O–H groups in total. The van der Waals surface area contributed by atoms with Gasteiger partial charge in [-0.3, -0.25) is 28.8 Å². The molecular weight excluding hydrogens is 954 g/mol. The number of aromatic nitrogens is 4. The number of nitrogens with two attached hydrogens (primary N) is 1. The second kappa shape index (κ2) is 18.7. The van der Waals surface area contributed by atoms with Crippen molar-refractivity contribution in [3.8, 4) is 0 Å². The van der Waals surface area contributed by atoms with Gasteiger partial charge in [-0.15, -0.1) is 0 Å². The zero-order valence-corrected chi connectivity index (χ0v) is 38.5. The Morgan fingerprint density at radius 1 is 0.681 bits per heavy atom. The van der Waals surface area contributed by atoms with Crippen LogP contribution >= 0.6 is 23.2 Å². The summed E-state index contributed by atoms with van der Waals surface area (Å²) in [5.74, 6) is -6.74. The molecular formula is C46H47Cl2F5N10O6. The fourth-order valence-corrected chi connectivity index (χ4v) is 10.9. The minimum atomic E-state index is -1.07. The number of rotatable bonds is 9. The van der Waals surface area contributed by atoms with Crippen molar-refractivity contribution in [1.82, 2.24) is 35.1 Å². The maximum atomic E-state index is 13.8. The number of carbonyl (C=O) groups is 6. The third-order valence-electron chi connectivity index (χ3n) is 14.5. The van der Waals surface area contributed by atoms with Crippen LogP contribution in [0.5, 0.6) is 0 Å². The van der Waals surface area contributed by atoms with Crippen molar-refractivity contribution in [2.75, 3.05) is 36.0 Å². The van der Waals surface area contributed by atoms with E-state index in [1.165, 1.54) is 27.4 Å². The highest BCUT2D eigenvalue weighted by Gasteiger charge is 2.51. The maximum Gasteiger partial charge on any atom is 0.272 e. The molecule has 3 aliphatic carbocycles. The van der Waals surface area contributed by atoms with Crippen LogP contribution in [0.4, 0.5) is 33.3 Å². The molecule has 366 valence electrons. The molecule has 2 aromatic heterocycles. The summed E-state index contributed by atoms with van der Waals surface area (Å²) < 4.78 is 69.2. The Morgan fingerprint density at radius 3 is 1.65 bits per heavy atom. The number of likely N-dealkylation sites (tertiary alicyclic amines) is 1. The number of primary amides is 1. The fourth-order valence-electron chi connectivity index (χ4n) is 10.4. The predicted molar refractivity (Wildman–Crippen MR) is 239 cm³/mol. The standard InChI is InChI=1S/C23H23ClF3N5O3.C23H24ClF2N5O3/c24-14-7-15(26)16(27)8-17(14)32-6-5-23(22(32)35)3-1-13(2-4-23)30-20(33)18-19(29-11-28-18)21(34)31-9-12(25)10-31;24-14-9-15(25)16(26)10-17(14)30-8-7-23(22(30)34)5-3-13(4-6-23)31-11-28-18(19(31)20(27)32)21(33)29-12-1-2-12/h7-8,11-13H,1-6,9-10H2,(H,28,29)(H,30,33);9-13H,1-8H2,(H2,27,32)(H,29,33). The molecule has 0 radical (unpaired) electrons. The smallest absolute Gasteiger partial charge is 0.272 e. The summed E-state index contributed by atoms with van der Waals surface area (Å²) in [5.41, 5.74) is 4.71. The van der Waals surface area contributed by atoms with Gasteiger partial charge in [0.2, 0.25) is 11.8 Å². The lowest BCUT2D eigenvalue weighted by Gasteiger charge is -2.36. The first kappa shape index (κ1) is 48.0. The van der Waals surface area contributed by atoms with Crippen LogP contribution in [0.15, 0.2) is 36.9 Å². The highest BCUT2D eigenvalue weighted by Crippen LogP contribution is 2.50. The lowest BCUT2D eigenvalue weighted by Crippen LogP contribution is -2.52. The van der Waals surface area contributed by atoms with Crippen LogP contribution < -0.4 is 26.2 Å². The highest BCUT2D eigenvalue weighted by molar-refractivity contribution is 6.34. The molecule has 23 heteroatoms. The summed E-state index contributed by atoms with van der Waals surface area (Å²) >= 11 is 12.2. The molecule has 2 spiro atoms. The summed E-state index contributed by atoms with van der Waals surface area (Å²) in [6.07, 6.45) is 8.88. The van der Waals surface area contributed by atoms with Crippen LogP contribution in [0.25, 0.3) is 0 Å². The molecule has 16 nitrogen and oxygen atoms in total. The number of H-pyrrole nitrogens is 1. The molecule has 4 aromatic rings. The quantitative estimate of drug-likeness (QED) is 0.106. The Morgan fingerprint density at radius 2 is 1.16 bits per heavy atom. The van der Waals surface area contributed by atoms with E-state index in [4.69, 9.17) is 28.9 Å². The Labute approximate surface area is 401 Å². The van der Waals surface area contributed by atoms with Gasteiger partial charge >= 0.3 is 0 Å². The summed E-state index contributed by atoms with van der Waals surface area (Å²) in [4.78, 5) is 91.5. The molecule has 10 rings (SSSR count). The van der Waals surface area contributed by atoms with Gasteiger partial charge in [0.05, 0.1) is 58.0 Å². The lowest BCUT2D eigenvalue weighted by molar-refractivity contribution is -0.128. The average molecular weight is 1000 g/mol. The van der Waals surface area contributed by atoms with Crippen LogP contribution in [-0.2, 0) is 9.59 Å². The lowest BCUT2D eigenvalue weighted by atomic mass is 9.71. The van der Waals surface area contributed by atoms with Gasteiger partial charge in [0.15, 0.2) is 34.7 Å². The first-order valence-electron chi connectivity index (χ1n) is 22.8. The van der Waals surface area contributed by atoms with E-state index in [-0.39, 0.29) is 87.2 Å². The van der Waals surface area contributed by atoms with Crippen molar-refractivity contribution in [2.45, 2.75) is 101 Å². The number of aromatic amines is 1. The number of halogens is 7. The molecule has 2 aromatic carbocycles. The first-order valence-corrected chi connectivity index (χ1v) is 23.5. The van der Waals surface area contributed by atoms with Gasteiger partial charge in [-0.2, -0.15) is 0 Å². The second-order valence-corrected chi connectivity index (χ2v) is 19.6. The number of hydrogen-bond donors (Lipinski definition) is 4. The molecule has 69 heavy (non-hydrogen) atoms. The van der Waals surface area contributed by atoms with Gasteiger partial charge in [0, 0.05) is 43.3 Å². The summed E-state index contributed by atoms with van der Waals surface area (Å²) in [6, 6.07) is 3.40. The van der Waals surface area contributed by atoms with Crippen molar-refractivity contribution in [3.63, 3.8) is 0 Å². The van der Waals surface area contributed by atoms with E-state index in [9.17, 15) is 50.7 Å². The van der Waals surface area contributed by atoms with E-state index in [1.54, 1.807) is 4.57 Å². The van der Waals surface area contributed by atoms with Gasteiger partial charge in [-0.05, 0) is 89.2 Å². The summed E-state index contributed by atoms with van der Waals surface area (Å²) in [7, 11) is 0. The Bertz CT molecular complexity index is 2750. The number of hydrogen-bond acceptors (Lipinski definition) is 8. The number of benzene rings is 2. The number of nitrogens with zero attached hydrogens (tertiary/aromatic N) is 6. The van der Waals surface area contributed by atoms with Crippen LogP contribution in [0.3, 0.4) is 0 Å². The van der Waals surface area contributed by atoms with Crippen molar-refractivity contribution < 1.29 is 50.7 Å². The second-order valence-electron chi connectivity index (χ2n) is 18.8. The van der Waals surface area contributed by atoms with Crippen molar-refractivity contribution in [1.29, 1.82) is 0 Å². The zero-order valence-electron chi connectivity index (χ0n) is 36.9. The number of nitrogens with one attached hydrogen (secondary N) is 3. The molecule has 3 saturated heterocycles. The highest BCUT2D eigenvalue weighted by atomic mass is 35.5. The summed E-state index contributed by atoms with van der Waals surface area (Å²) in [5, 5.41) is 5.67. The van der Waals surface area contributed by atoms with Crippen molar-refractivity contribution in [3.05, 3.63) is 93.0 Å². The minimum absolute atomic E-state index is 0.00948. The number of amides is 6. The molecule has 3 aliphatic heterocycles. The van der Waals surface area contributed by atoms with E-state index in [1.807, 2.05) is 0 Å². The van der Waals surface area contributed by atoms with Gasteiger partial charge in [0.25, 0.3) is 23.6 Å². The molecule has 6 fully saturated rings. The average Bonchev–Trinajstić information content (AvgIpc) is 3.59. The van der Waals surface area contributed by atoms with E-state index in [0.29, 0.717) is 77.3 Å². The largest absolute Gasteiger partial charge is 0.364 e. The number of alkyl halides is 1. The van der Waals surface area contributed by atoms with E-state index in [0.717, 1.165) is 37.1 Å². The molecule has 3 saturated carbocycles. The molecule has 0 unspecified atom stereocenters. The maximum absolute atomic E-state index is 13.8. The van der Waals surface area contributed by atoms with Crippen molar-refractivity contribution in [2.24, 2.45) is 16.6 Å². The van der Waals surface area contributed by atoms with Crippen LogP contribution in [0, 0.1) is 34.1 Å². The number of anilines is 2. The van der Waals surface area contributed by atoms with Crippen molar-refractivity contribution >= 4 is 70.0 Å². The third kappa shape index (κ3) is 9.14. The first-order chi connectivity index (χ1) is 32.9. The third-order valence-corrected chi connectivity index (χ3v) is 15.1. The molecule has 5 heterocycles. The van der Waals surface area contributed by atoms with Gasteiger partial charge < -0.3 is 40.6 Å². The molecule has 0 bridgehead atoms. The Balaban J connectivity index is 0.000000172. The minimum Gasteiger partial charge on any atom is -0.364 e. The Hall–Kier alpha value is -6.09. The topological polar surface area (TPSA) is 209 Å². The Kier molecular flexibility index (Phi) is 13.0. The fraction of sp³-hybridized carbons (Fsp3) is 0.478. The SMILES string of the molecule is NC(=O)c1c(C(=O)NC2CC2)ncn1C1CCC2(CC1)CCN(c1cc(F)c(F)cc1Cl)C2=O.O=C(NC1CCC2(CC1)CCN(c1cc(F)c(F)cc1Cl)C2=O)c1nc[nH]c1C(=O)N1CC(F)C1. The van der Waals surface area contributed by atoms with Crippen LogP contribution in [0.2, 0.25) is 10.0 Å². The normalized spacial score (nSPS) is 24.7. The summed E-state index contributed by atoms with van der Waals surface area (Å²) in [6.45, 7) is 0.682. The van der Waals surface area contributed by atoms with Crippen LogP contribution in [0.1, 0.15) is 125 Å². The zero-order chi connectivity index (χ0) is 49.1. The number of carbonyl (C=O) groups excluding carboxylic acids is 6. The van der Waals surface area contributed by atoms with Gasteiger partial charge in [-0.1, -0.05) is 23.2 Å². The number of imidazole rings is 2. The molecule has 6 amide bonds.